The summed E-state index contributed by atoms with van der Waals surface area (Å²) in [6, 6.07) is 7.82. The van der Waals surface area contributed by atoms with E-state index in [1.807, 2.05) is 25.1 Å². The van der Waals surface area contributed by atoms with Crippen LogP contribution in [0.15, 0.2) is 18.2 Å². The van der Waals surface area contributed by atoms with Crippen LogP contribution in [-0.4, -0.2) is 29.5 Å². The molecule has 0 amide bonds. The summed E-state index contributed by atoms with van der Waals surface area (Å²) in [4.78, 5) is 0. The minimum atomic E-state index is -0.624. The smallest absolute Gasteiger partial charge is 0.109 e. The number of hydrogen-bond acceptors (Lipinski definition) is 4. The third-order valence-corrected chi connectivity index (χ3v) is 4.63. The maximum absolute atomic E-state index is 10.7. The van der Waals surface area contributed by atoms with E-state index in [1.165, 1.54) is 0 Å². The molecule has 1 fully saturated rings. The van der Waals surface area contributed by atoms with Gasteiger partial charge in [-0.1, -0.05) is 6.07 Å². The van der Waals surface area contributed by atoms with Crippen molar-refractivity contribution in [2.75, 3.05) is 6.61 Å². The molecule has 1 aromatic carbocycles. The number of hydrogen-bond donors (Lipinski definition) is 1. The van der Waals surface area contributed by atoms with Gasteiger partial charge in [0.15, 0.2) is 0 Å². The molecule has 3 unspecified atom stereocenters. The predicted octanol–water partition coefficient (Wildman–Crippen LogP) is 2.32. The quantitative estimate of drug-likeness (QED) is 0.906. The summed E-state index contributed by atoms with van der Waals surface area (Å²) < 4.78 is 11.7. The lowest BCUT2D eigenvalue weighted by Gasteiger charge is -2.42. The van der Waals surface area contributed by atoms with Gasteiger partial charge in [0, 0.05) is 13.0 Å². The van der Waals surface area contributed by atoms with Gasteiger partial charge in [-0.15, -0.1) is 0 Å². The van der Waals surface area contributed by atoms with Crippen molar-refractivity contribution in [2.45, 2.75) is 57.0 Å². The van der Waals surface area contributed by atoms with Crippen molar-refractivity contribution in [1.29, 1.82) is 5.26 Å². The van der Waals surface area contributed by atoms with Crippen LogP contribution in [0.5, 0.6) is 0 Å². The zero-order chi connectivity index (χ0) is 14.9. The first kappa shape index (κ1) is 14.5. The Balaban J connectivity index is 1.78. The molecular weight excluding hydrogens is 266 g/mol. The highest BCUT2D eigenvalue weighted by molar-refractivity contribution is 5.39. The molecule has 1 aromatic rings. The van der Waals surface area contributed by atoms with E-state index in [0.29, 0.717) is 18.6 Å². The Morgan fingerprint density at radius 2 is 2.24 bits per heavy atom. The number of benzene rings is 1. The van der Waals surface area contributed by atoms with Gasteiger partial charge in [0.1, 0.15) is 6.10 Å². The van der Waals surface area contributed by atoms with E-state index < -0.39 is 11.7 Å². The number of rotatable bonds is 2. The minimum Gasteiger partial charge on any atom is -0.387 e. The fraction of sp³-hybridized carbons (Fsp3) is 0.588. The zero-order valence-corrected chi connectivity index (χ0v) is 12.3. The van der Waals surface area contributed by atoms with Crippen LogP contribution in [0.2, 0.25) is 0 Å². The fourth-order valence-electron chi connectivity index (χ4n) is 3.27. The summed E-state index contributed by atoms with van der Waals surface area (Å²) >= 11 is 0. The first-order valence-electron chi connectivity index (χ1n) is 7.58. The lowest BCUT2D eigenvalue weighted by molar-refractivity contribution is -0.180. The Morgan fingerprint density at radius 3 is 2.95 bits per heavy atom. The highest BCUT2D eigenvalue weighted by Crippen LogP contribution is 2.34. The largest absolute Gasteiger partial charge is 0.387 e. The molecule has 3 atom stereocenters. The number of nitrogens with zero attached hydrogens (tertiary/aromatic N) is 1. The molecule has 0 saturated carbocycles. The number of aliphatic hydroxyl groups excluding tert-OH is 1. The van der Waals surface area contributed by atoms with Gasteiger partial charge in [0.05, 0.1) is 29.9 Å². The van der Waals surface area contributed by atoms with E-state index in [9.17, 15) is 5.11 Å². The number of ether oxygens (including phenoxy) is 2. The van der Waals surface area contributed by atoms with E-state index in [2.05, 4.69) is 6.07 Å². The summed E-state index contributed by atoms with van der Waals surface area (Å²) in [5.74, 6) is 0. The molecule has 0 bridgehead atoms. The Morgan fingerprint density at radius 1 is 1.38 bits per heavy atom. The SMILES string of the molecule is CC1(C(O)C2CCCCO2)Cc2ccc(C#N)cc2CO1. The third-order valence-electron chi connectivity index (χ3n) is 4.63. The minimum absolute atomic E-state index is 0.135. The van der Waals surface area contributed by atoms with Crippen molar-refractivity contribution in [3.63, 3.8) is 0 Å². The van der Waals surface area contributed by atoms with Crippen LogP contribution in [-0.2, 0) is 22.5 Å². The molecule has 2 aliphatic heterocycles. The zero-order valence-electron chi connectivity index (χ0n) is 12.3. The summed E-state index contributed by atoms with van der Waals surface area (Å²) in [6.07, 6.45) is 2.95. The number of aliphatic hydroxyl groups is 1. The maximum Gasteiger partial charge on any atom is 0.109 e. The van der Waals surface area contributed by atoms with Gasteiger partial charge in [-0.25, -0.2) is 0 Å². The van der Waals surface area contributed by atoms with Gasteiger partial charge in [0.25, 0.3) is 0 Å². The summed E-state index contributed by atoms with van der Waals surface area (Å²) in [5, 5.41) is 19.6. The standard InChI is InChI=1S/C17H21NO3/c1-17(16(19)15-4-2-3-7-20-15)9-13-6-5-12(10-18)8-14(13)11-21-17/h5-6,8,15-16,19H,2-4,7,9,11H2,1H3. The molecule has 1 N–H and O–H groups in total. The lowest BCUT2D eigenvalue weighted by atomic mass is 9.82. The molecule has 2 heterocycles. The summed E-state index contributed by atoms with van der Waals surface area (Å²) in [5.41, 5.74) is 2.22. The normalized spacial score (nSPS) is 30.2. The molecule has 2 aliphatic rings. The third kappa shape index (κ3) is 2.82. The van der Waals surface area contributed by atoms with Gasteiger partial charge < -0.3 is 14.6 Å². The fourth-order valence-corrected chi connectivity index (χ4v) is 3.27. The van der Waals surface area contributed by atoms with Crippen molar-refractivity contribution in [3.05, 3.63) is 34.9 Å². The Labute approximate surface area is 125 Å². The predicted molar refractivity (Wildman–Crippen MR) is 77.7 cm³/mol. The molecule has 0 radical (unpaired) electrons. The van der Waals surface area contributed by atoms with E-state index in [1.54, 1.807) is 0 Å². The average molecular weight is 287 g/mol. The first-order valence-corrected chi connectivity index (χ1v) is 7.58. The highest BCUT2D eigenvalue weighted by atomic mass is 16.5. The van der Waals surface area contributed by atoms with Crippen molar-refractivity contribution in [2.24, 2.45) is 0 Å². The van der Waals surface area contributed by atoms with Gasteiger partial charge in [-0.3, -0.25) is 0 Å². The Bertz CT molecular complexity index is 560. The Kier molecular flexibility index (Phi) is 3.99. The van der Waals surface area contributed by atoms with Crippen molar-refractivity contribution in [3.8, 4) is 6.07 Å². The first-order chi connectivity index (χ1) is 10.1. The lowest BCUT2D eigenvalue weighted by Crippen LogP contribution is -2.53. The molecule has 0 aliphatic carbocycles. The highest BCUT2D eigenvalue weighted by Gasteiger charge is 2.42. The second-order valence-corrected chi connectivity index (χ2v) is 6.22. The van der Waals surface area contributed by atoms with Gasteiger partial charge in [-0.2, -0.15) is 5.26 Å². The molecule has 0 aromatic heterocycles. The molecule has 3 rings (SSSR count). The molecule has 1 saturated heterocycles. The van der Waals surface area contributed by atoms with Gasteiger partial charge in [0.2, 0.25) is 0 Å². The van der Waals surface area contributed by atoms with Crippen LogP contribution in [0.3, 0.4) is 0 Å². The molecule has 4 nitrogen and oxygen atoms in total. The second-order valence-electron chi connectivity index (χ2n) is 6.22. The summed E-state index contributed by atoms with van der Waals surface area (Å²) in [6.45, 7) is 3.11. The topological polar surface area (TPSA) is 62.5 Å². The second kappa shape index (κ2) is 5.76. The van der Waals surface area contributed by atoms with Crippen molar-refractivity contribution < 1.29 is 14.6 Å². The van der Waals surface area contributed by atoms with Gasteiger partial charge >= 0.3 is 0 Å². The van der Waals surface area contributed by atoms with Crippen LogP contribution in [0.25, 0.3) is 0 Å². The molecule has 0 spiro atoms. The van der Waals surface area contributed by atoms with E-state index in [0.717, 1.165) is 37.0 Å². The van der Waals surface area contributed by atoms with E-state index >= 15 is 0 Å². The molecule has 4 heteroatoms. The molecule has 112 valence electrons. The van der Waals surface area contributed by atoms with Crippen LogP contribution in [0.4, 0.5) is 0 Å². The van der Waals surface area contributed by atoms with E-state index in [-0.39, 0.29) is 6.10 Å². The molecule has 21 heavy (non-hydrogen) atoms. The van der Waals surface area contributed by atoms with Crippen LogP contribution >= 0.6 is 0 Å². The van der Waals surface area contributed by atoms with Crippen LogP contribution in [0.1, 0.15) is 42.9 Å². The summed E-state index contributed by atoms with van der Waals surface area (Å²) in [7, 11) is 0. The number of fused-ring (bicyclic) bond motifs is 1. The number of nitriles is 1. The van der Waals surface area contributed by atoms with Gasteiger partial charge in [-0.05, 0) is 49.4 Å². The Hall–Kier alpha value is -1.41. The van der Waals surface area contributed by atoms with Crippen molar-refractivity contribution in [1.82, 2.24) is 0 Å². The van der Waals surface area contributed by atoms with Crippen molar-refractivity contribution >= 4 is 0 Å². The van der Waals surface area contributed by atoms with Crippen LogP contribution in [0, 0.1) is 11.3 Å². The van der Waals surface area contributed by atoms with E-state index in [4.69, 9.17) is 14.7 Å². The van der Waals surface area contributed by atoms with Crippen LogP contribution < -0.4 is 0 Å². The monoisotopic (exact) mass is 287 g/mol. The molecular formula is C17H21NO3. The maximum atomic E-state index is 10.7. The average Bonchev–Trinajstić information content (AvgIpc) is 2.54.